The van der Waals surface area contributed by atoms with Crippen LogP contribution in [0.1, 0.15) is 5.56 Å². The van der Waals surface area contributed by atoms with Crippen LogP contribution in [0.15, 0.2) is 39.4 Å². The molecule has 3 aromatic rings. The highest BCUT2D eigenvalue weighted by Crippen LogP contribution is 2.31. The molecule has 3 nitrogen and oxygen atoms in total. The van der Waals surface area contributed by atoms with E-state index in [0.29, 0.717) is 27.2 Å². The molecule has 0 saturated carbocycles. The van der Waals surface area contributed by atoms with Gasteiger partial charge in [-0.1, -0.05) is 15.9 Å². The van der Waals surface area contributed by atoms with Gasteiger partial charge in [0.1, 0.15) is 23.0 Å². The molecule has 0 spiro atoms. The van der Waals surface area contributed by atoms with Crippen LogP contribution in [-0.2, 0) is 0 Å². The highest BCUT2D eigenvalue weighted by Gasteiger charge is 2.15. The van der Waals surface area contributed by atoms with E-state index in [9.17, 15) is 4.39 Å². The number of nitrogens with zero attached hydrogens (tertiary/aromatic N) is 2. The molecule has 0 amide bonds. The first kappa shape index (κ1) is 13.6. The maximum Gasteiger partial charge on any atom is 0.139 e. The molecular formula is C14H10Br2FN3. The topological polar surface area (TPSA) is 43.3 Å². The molecule has 0 bridgehead atoms. The zero-order valence-electron chi connectivity index (χ0n) is 10.5. The molecule has 6 heteroatoms. The zero-order valence-corrected chi connectivity index (χ0v) is 13.7. The van der Waals surface area contributed by atoms with Crippen LogP contribution < -0.4 is 5.73 Å². The van der Waals surface area contributed by atoms with E-state index in [4.69, 9.17) is 5.73 Å². The lowest BCUT2D eigenvalue weighted by atomic mass is 10.1. The van der Waals surface area contributed by atoms with Crippen LogP contribution in [0.5, 0.6) is 0 Å². The predicted molar refractivity (Wildman–Crippen MR) is 85.1 cm³/mol. The monoisotopic (exact) mass is 397 g/mol. The van der Waals surface area contributed by atoms with Crippen LogP contribution in [-0.4, -0.2) is 9.38 Å². The molecule has 0 aliphatic heterocycles. The van der Waals surface area contributed by atoms with Gasteiger partial charge < -0.3 is 5.73 Å². The molecule has 102 valence electrons. The van der Waals surface area contributed by atoms with Crippen LogP contribution in [0.25, 0.3) is 16.9 Å². The molecule has 0 aliphatic carbocycles. The minimum atomic E-state index is -0.356. The van der Waals surface area contributed by atoms with Crippen molar-refractivity contribution in [3.05, 3.63) is 50.8 Å². The summed E-state index contributed by atoms with van der Waals surface area (Å²) in [5.74, 6) is 0.0622. The van der Waals surface area contributed by atoms with Gasteiger partial charge in [-0.25, -0.2) is 9.37 Å². The molecule has 2 N–H and O–H groups in total. The highest BCUT2D eigenvalue weighted by molar-refractivity contribution is 9.10. The van der Waals surface area contributed by atoms with Gasteiger partial charge in [0, 0.05) is 20.7 Å². The number of nitrogen functional groups attached to an aromatic ring is 1. The summed E-state index contributed by atoms with van der Waals surface area (Å²) < 4.78 is 17.4. The minimum Gasteiger partial charge on any atom is -0.383 e. The molecule has 2 heterocycles. The van der Waals surface area contributed by atoms with Crippen molar-refractivity contribution in [3.8, 4) is 11.3 Å². The molecule has 2 aromatic heterocycles. The Morgan fingerprint density at radius 3 is 2.70 bits per heavy atom. The maximum atomic E-state index is 14.1. The standard InChI is InChI=1S/C14H10Br2FN3/c1-7-4-12-19-13(14(18)20(12)6-10(7)16)9-3-2-8(15)5-11(9)17/h2-6H,18H2,1H3. The molecule has 0 fully saturated rings. The highest BCUT2D eigenvalue weighted by atomic mass is 79.9. The Morgan fingerprint density at radius 1 is 1.25 bits per heavy atom. The predicted octanol–water partition coefficient (Wildman–Crippen LogP) is 4.56. The fraction of sp³-hybridized carbons (Fsp3) is 0.0714. The third kappa shape index (κ3) is 2.13. The van der Waals surface area contributed by atoms with Gasteiger partial charge in [0.25, 0.3) is 0 Å². The second-order valence-corrected chi connectivity index (χ2v) is 6.27. The van der Waals surface area contributed by atoms with Gasteiger partial charge in [0.05, 0.1) is 0 Å². The number of imidazole rings is 1. The summed E-state index contributed by atoms with van der Waals surface area (Å²) in [4.78, 5) is 4.44. The van der Waals surface area contributed by atoms with Crippen LogP contribution in [0.2, 0.25) is 0 Å². The average Bonchev–Trinajstić information content (AvgIpc) is 2.68. The Labute approximate surface area is 131 Å². The van der Waals surface area contributed by atoms with Gasteiger partial charge in [-0.3, -0.25) is 4.40 Å². The molecule has 0 unspecified atom stereocenters. The molecule has 20 heavy (non-hydrogen) atoms. The molecule has 1 aromatic carbocycles. The summed E-state index contributed by atoms with van der Waals surface area (Å²) in [7, 11) is 0. The van der Waals surface area contributed by atoms with Crippen LogP contribution in [0, 0.1) is 12.7 Å². The number of hydrogen-bond donors (Lipinski definition) is 1. The van der Waals surface area contributed by atoms with E-state index < -0.39 is 0 Å². The summed E-state index contributed by atoms with van der Waals surface area (Å²) in [6, 6.07) is 6.74. The Kier molecular flexibility index (Phi) is 3.30. The van der Waals surface area contributed by atoms with Crippen LogP contribution >= 0.6 is 31.9 Å². The summed E-state index contributed by atoms with van der Waals surface area (Å²) in [6.45, 7) is 1.97. The number of rotatable bonds is 1. The summed E-state index contributed by atoms with van der Waals surface area (Å²) in [6.07, 6.45) is 1.84. The molecule has 0 atom stereocenters. The SMILES string of the molecule is Cc1cc2nc(-c3ccc(Br)cc3F)c(N)n2cc1Br. The normalized spacial score (nSPS) is 11.2. The lowest BCUT2D eigenvalue weighted by Gasteiger charge is -2.02. The van der Waals surface area contributed by atoms with Crippen molar-refractivity contribution in [3.63, 3.8) is 0 Å². The third-order valence-electron chi connectivity index (χ3n) is 3.13. The number of pyridine rings is 1. The van der Waals surface area contributed by atoms with Gasteiger partial charge in [0.15, 0.2) is 0 Å². The zero-order chi connectivity index (χ0) is 14.4. The van der Waals surface area contributed by atoms with Crippen LogP contribution in [0.3, 0.4) is 0 Å². The second-order valence-electron chi connectivity index (χ2n) is 4.50. The van der Waals surface area contributed by atoms with E-state index in [1.54, 1.807) is 16.5 Å². The van der Waals surface area contributed by atoms with Gasteiger partial charge in [0.2, 0.25) is 0 Å². The van der Waals surface area contributed by atoms with E-state index in [1.165, 1.54) is 6.07 Å². The number of fused-ring (bicyclic) bond motifs is 1. The quantitative estimate of drug-likeness (QED) is 0.653. The minimum absolute atomic E-state index is 0.356. The third-order valence-corrected chi connectivity index (χ3v) is 4.45. The smallest absolute Gasteiger partial charge is 0.139 e. The Balaban J connectivity index is 2.29. The Morgan fingerprint density at radius 2 is 2.00 bits per heavy atom. The van der Waals surface area contributed by atoms with Crippen molar-refractivity contribution in [2.45, 2.75) is 6.92 Å². The summed E-state index contributed by atoms with van der Waals surface area (Å²) >= 11 is 6.69. The Bertz CT molecular complexity index is 827. The van der Waals surface area contributed by atoms with Crippen molar-refractivity contribution in [1.82, 2.24) is 9.38 Å². The number of halogens is 3. The van der Waals surface area contributed by atoms with Gasteiger partial charge >= 0.3 is 0 Å². The molecule has 0 saturated heterocycles. The lowest BCUT2D eigenvalue weighted by Crippen LogP contribution is -1.95. The Hall–Kier alpha value is -1.40. The molecule has 3 rings (SSSR count). The number of aryl methyl sites for hydroxylation is 1. The molecular weight excluding hydrogens is 389 g/mol. The first-order valence-electron chi connectivity index (χ1n) is 5.86. The van der Waals surface area contributed by atoms with Crippen molar-refractivity contribution in [2.24, 2.45) is 0 Å². The number of benzene rings is 1. The lowest BCUT2D eigenvalue weighted by molar-refractivity contribution is 0.630. The van der Waals surface area contributed by atoms with Crippen molar-refractivity contribution < 1.29 is 4.39 Å². The summed E-state index contributed by atoms with van der Waals surface area (Å²) in [5, 5.41) is 0. The number of nitrogens with two attached hydrogens (primary N) is 1. The number of anilines is 1. The first-order chi connectivity index (χ1) is 9.47. The van der Waals surface area contributed by atoms with Gasteiger partial charge in [-0.05, 0) is 52.7 Å². The van der Waals surface area contributed by atoms with Crippen molar-refractivity contribution in [1.29, 1.82) is 0 Å². The summed E-state index contributed by atoms with van der Waals surface area (Å²) in [5.41, 5.74) is 8.68. The van der Waals surface area contributed by atoms with E-state index in [2.05, 4.69) is 36.8 Å². The van der Waals surface area contributed by atoms with Crippen molar-refractivity contribution >= 4 is 43.3 Å². The second kappa shape index (κ2) is 4.86. The largest absolute Gasteiger partial charge is 0.383 e. The molecule has 0 aliphatic rings. The van der Waals surface area contributed by atoms with Crippen molar-refractivity contribution in [2.75, 3.05) is 5.73 Å². The number of aromatic nitrogens is 2. The average molecular weight is 399 g/mol. The van der Waals surface area contributed by atoms with E-state index >= 15 is 0 Å². The van der Waals surface area contributed by atoms with Gasteiger partial charge in [-0.2, -0.15) is 0 Å². The van der Waals surface area contributed by atoms with E-state index in [0.717, 1.165) is 10.0 Å². The van der Waals surface area contributed by atoms with Crippen LogP contribution in [0.4, 0.5) is 10.2 Å². The molecule has 0 radical (unpaired) electrons. The van der Waals surface area contributed by atoms with E-state index in [1.807, 2.05) is 19.2 Å². The van der Waals surface area contributed by atoms with Gasteiger partial charge in [-0.15, -0.1) is 0 Å². The van der Waals surface area contributed by atoms with E-state index in [-0.39, 0.29) is 5.82 Å². The maximum absolute atomic E-state index is 14.1. The number of hydrogen-bond acceptors (Lipinski definition) is 2. The fourth-order valence-corrected chi connectivity index (χ4v) is 2.71. The fourth-order valence-electron chi connectivity index (χ4n) is 2.06. The first-order valence-corrected chi connectivity index (χ1v) is 7.45.